The Morgan fingerprint density at radius 2 is 1.57 bits per heavy atom. The Morgan fingerprint density at radius 3 is 2.11 bits per heavy atom. The van der Waals surface area contributed by atoms with Crippen molar-refractivity contribution in [3.63, 3.8) is 0 Å². The number of hydrogen-bond acceptors (Lipinski definition) is 9. The van der Waals surface area contributed by atoms with Crippen molar-refractivity contribution in [1.29, 1.82) is 0 Å². The summed E-state index contributed by atoms with van der Waals surface area (Å²) in [6.45, 7) is 13.3. The van der Waals surface area contributed by atoms with Crippen LogP contribution in [0.3, 0.4) is 0 Å². The molecule has 5 N–H and O–H groups in total. The zero-order valence-electron chi connectivity index (χ0n) is 28.6. The molecule has 1 saturated heterocycles. The maximum Gasteiger partial charge on any atom is 0.336 e. The van der Waals surface area contributed by atoms with Crippen molar-refractivity contribution in [3.8, 4) is 0 Å². The number of carboxylic acids is 3. The molecule has 0 aromatic heterocycles. The van der Waals surface area contributed by atoms with E-state index in [0.29, 0.717) is 30.0 Å². The highest BCUT2D eigenvalue weighted by Gasteiger charge is 2.65. The highest BCUT2D eigenvalue weighted by molar-refractivity contribution is 5.88. The normalized spacial score (nSPS) is 38.2. The second-order valence-electron chi connectivity index (χ2n) is 15.7. The van der Waals surface area contributed by atoms with E-state index in [0.717, 1.165) is 71.1 Å². The van der Waals surface area contributed by atoms with Crippen LogP contribution in [0.4, 0.5) is 0 Å². The van der Waals surface area contributed by atoms with E-state index in [1.54, 1.807) is 6.92 Å². The summed E-state index contributed by atoms with van der Waals surface area (Å²) in [5.41, 5.74) is -3.05. The summed E-state index contributed by atoms with van der Waals surface area (Å²) in [5, 5.41) is 45.1. The van der Waals surface area contributed by atoms with Gasteiger partial charge in [-0.3, -0.25) is 24.1 Å². The van der Waals surface area contributed by atoms with Crippen LogP contribution < -0.4 is 0 Å². The average Bonchev–Trinajstić information content (AvgIpc) is 3.33. The minimum Gasteiger partial charge on any atom is -0.481 e. The second-order valence-corrected chi connectivity index (χ2v) is 15.7. The van der Waals surface area contributed by atoms with Crippen LogP contribution in [0.2, 0.25) is 0 Å². The fourth-order valence-electron chi connectivity index (χ4n) is 10.7. The molecule has 9 atom stereocenters. The Morgan fingerprint density at radius 1 is 0.957 bits per heavy atom. The summed E-state index contributed by atoms with van der Waals surface area (Å²) >= 11 is 0. The molecule has 0 amide bonds. The maximum atomic E-state index is 14.0. The summed E-state index contributed by atoms with van der Waals surface area (Å²) in [6, 6.07) is 0.107. The highest BCUT2D eigenvalue weighted by Crippen LogP contribution is 2.66. The van der Waals surface area contributed by atoms with Crippen molar-refractivity contribution in [3.05, 3.63) is 0 Å². The molecule has 5 fully saturated rings. The molecule has 0 aromatic rings. The SMILES string of the molecule is CCC1(CC)CN([C@H]2C[C@@]3(C)[C@@H](CC[C@H]4[C@@H]5CC[C@H](C(C)=O)[C@@]5(C)CC(=O)[C@@H]43)C[C@@H]2O)CCO1.O=C(O)CC(O)(CC(=O)O)C(=O)O. The molecule has 12 nitrogen and oxygen atoms in total. The van der Waals surface area contributed by atoms with E-state index in [9.17, 15) is 29.1 Å². The predicted molar refractivity (Wildman–Crippen MR) is 169 cm³/mol. The smallest absolute Gasteiger partial charge is 0.336 e. The van der Waals surface area contributed by atoms with E-state index in [4.69, 9.17) is 25.2 Å². The Balaban J connectivity index is 0.000000328. The monoisotopic (exact) mass is 665 g/mol. The van der Waals surface area contributed by atoms with Gasteiger partial charge in [-0.25, -0.2) is 4.79 Å². The van der Waals surface area contributed by atoms with Crippen molar-refractivity contribution in [1.82, 2.24) is 4.90 Å². The van der Waals surface area contributed by atoms with Gasteiger partial charge in [0.05, 0.1) is 31.2 Å². The number of carbonyl (C=O) groups is 5. The van der Waals surface area contributed by atoms with E-state index in [-0.39, 0.29) is 46.2 Å². The van der Waals surface area contributed by atoms with Crippen molar-refractivity contribution in [2.24, 2.45) is 40.4 Å². The summed E-state index contributed by atoms with van der Waals surface area (Å²) in [4.78, 5) is 59.4. The first-order chi connectivity index (χ1) is 21.9. The topological polar surface area (TPSA) is 199 Å². The number of nitrogens with zero attached hydrogens (tertiary/aromatic N) is 1. The number of carbonyl (C=O) groups excluding carboxylic acids is 2. The molecule has 4 aliphatic carbocycles. The van der Waals surface area contributed by atoms with Crippen LogP contribution in [-0.4, -0.2) is 103 Å². The highest BCUT2D eigenvalue weighted by atomic mass is 16.5. The van der Waals surface area contributed by atoms with Gasteiger partial charge < -0.3 is 30.3 Å². The number of aliphatic hydroxyl groups excluding tert-OH is 1. The molecule has 0 bridgehead atoms. The van der Waals surface area contributed by atoms with Gasteiger partial charge in [-0.15, -0.1) is 0 Å². The molecule has 47 heavy (non-hydrogen) atoms. The number of fused-ring (bicyclic) bond motifs is 5. The first-order valence-corrected chi connectivity index (χ1v) is 17.3. The van der Waals surface area contributed by atoms with Crippen molar-refractivity contribution in [2.45, 2.75) is 129 Å². The lowest BCUT2D eigenvalue weighted by Crippen LogP contribution is -2.64. The summed E-state index contributed by atoms with van der Waals surface area (Å²) < 4.78 is 6.24. The molecular formula is C35H55NO11. The minimum absolute atomic E-state index is 0.0541. The fourth-order valence-corrected chi connectivity index (χ4v) is 10.7. The Labute approximate surface area is 277 Å². The van der Waals surface area contributed by atoms with E-state index in [1.165, 1.54) is 0 Å². The van der Waals surface area contributed by atoms with Gasteiger partial charge in [-0.05, 0) is 86.9 Å². The molecule has 5 rings (SSSR count). The third-order valence-electron chi connectivity index (χ3n) is 13.2. The van der Waals surface area contributed by atoms with Gasteiger partial charge in [0, 0.05) is 37.4 Å². The number of aliphatic hydroxyl groups is 2. The third kappa shape index (κ3) is 7.03. The lowest BCUT2D eigenvalue weighted by molar-refractivity contribution is -0.181. The first kappa shape index (κ1) is 37.4. The second kappa shape index (κ2) is 13.8. The zero-order chi connectivity index (χ0) is 35.1. The molecule has 4 saturated carbocycles. The zero-order valence-corrected chi connectivity index (χ0v) is 28.6. The van der Waals surface area contributed by atoms with Gasteiger partial charge in [0.1, 0.15) is 11.6 Å². The lowest BCUT2D eigenvalue weighted by Gasteiger charge is -2.62. The Kier molecular flexibility index (Phi) is 11.0. The molecule has 0 radical (unpaired) electrons. The van der Waals surface area contributed by atoms with Crippen LogP contribution in [0, 0.1) is 40.4 Å². The Bertz CT molecular complexity index is 1220. The third-order valence-corrected chi connectivity index (χ3v) is 13.2. The number of Topliss-reactive ketones (excluding diaryl/α,β-unsaturated/α-hetero) is 2. The van der Waals surface area contributed by atoms with Gasteiger partial charge >= 0.3 is 17.9 Å². The molecular weight excluding hydrogens is 610 g/mol. The largest absolute Gasteiger partial charge is 0.481 e. The number of ether oxygens (including phenoxy) is 1. The first-order valence-electron chi connectivity index (χ1n) is 17.3. The lowest BCUT2D eigenvalue weighted by atomic mass is 9.43. The Hall–Kier alpha value is -2.41. The summed E-state index contributed by atoms with van der Waals surface area (Å²) in [6.07, 6.45) is 5.93. The van der Waals surface area contributed by atoms with E-state index in [1.807, 2.05) is 0 Å². The predicted octanol–water partition coefficient (Wildman–Crippen LogP) is 3.40. The van der Waals surface area contributed by atoms with E-state index >= 15 is 0 Å². The number of morpholine rings is 1. The molecule has 5 aliphatic rings. The van der Waals surface area contributed by atoms with E-state index in [2.05, 4.69) is 32.6 Å². The van der Waals surface area contributed by atoms with Crippen molar-refractivity contribution < 1.29 is 54.2 Å². The number of ketones is 2. The van der Waals surface area contributed by atoms with Gasteiger partial charge in [0.25, 0.3) is 0 Å². The number of rotatable bonds is 9. The molecule has 1 aliphatic heterocycles. The fraction of sp³-hybridized carbons (Fsp3) is 0.857. The van der Waals surface area contributed by atoms with Gasteiger partial charge in [0.2, 0.25) is 0 Å². The molecule has 12 heteroatoms. The molecule has 1 heterocycles. The van der Waals surface area contributed by atoms with Gasteiger partial charge in [-0.2, -0.15) is 0 Å². The van der Waals surface area contributed by atoms with Crippen LogP contribution in [-0.2, 0) is 28.7 Å². The maximum absolute atomic E-state index is 14.0. The van der Waals surface area contributed by atoms with Crippen LogP contribution in [0.5, 0.6) is 0 Å². The molecule has 266 valence electrons. The summed E-state index contributed by atoms with van der Waals surface area (Å²) in [5.74, 6) is -2.87. The molecule has 0 aromatic carbocycles. The van der Waals surface area contributed by atoms with Crippen LogP contribution >= 0.6 is 0 Å². The minimum atomic E-state index is -2.74. The van der Waals surface area contributed by atoms with Gasteiger partial charge in [-0.1, -0.05) is 27.7 Å². The van der Waals surface area contributed by atoms with Crippen LogP contribution in [0.1, 0.15) is 105 Å². The van der Waals surface area contributed by atoms with Crippen LogP contribution in [0.25, 0.3) is 0 Å². The van der Waals surface area contributed by atoms with E-state index < -0.39 is 36.4 Å². The quantitative estimate of drug-likeness (QED) is 0.241. The van der Waals surface area contributed by atoms with Gasteiger partial charge in [0.15, 0.2) is 5.60 Å². The van der Waals surface area contributed by atoms with Crippen molar-refractivity contribution in [2.75, 3.05) is 19.7 Å². The number of hydrogen-bond donors (Lipinski definition) is 5. The number of aliphatic carboxylic acids is 3. The number of carboxylic acid groups (broad SMARTS) is 3. The molecule has 0 spiro atoms. The van der Waals surface area contributed by atoms with Crippen molar-refractivity contribution >= 4 is 29.5 Å². The standard InChI is InChI=1S/C29H47NO4.C6H8O7/c1-6-29(7-2)17-30(12-13-34-29)23-15-27(4)19(14-24(23)32)8-9-20-22-11-10-21(18(3)31)28(22,5)16-25(33)26(20)27;7-3(8)1-6(13,5(11)12)2-4(9)10/h19-24,26,32H,6-17H2,1-5H3;13H,1-2H2,(H,7,8)(H,9,10)(H,11,12)/t19-,20-,21+,22-,23-,24-,26+,27-,28+;/m0./s1. The van der Waals surface area contributed by atoms with Crippen LogP contribution in [0.15, 0.2) is 0 Å². The average molecular weight is 666 g/mol. The molecule has 0 unspecified atom stereocenters. The summed E-state index contributed by atoms with van der Waals surface area (Å²) in [7, 11) is 0.